The van der Waals surface area contributed by atoms with Crippen molar-refractivity contribution < 1.29 is 4.52 Å². The number of aliphatic imine (C=N–C) groups is 1. The maximum atomic E-state index is 5.31. The van der Waals surface area contributed by atoms with Crippen LogP contribution in [-0.4, -0.2) is 50.3 Å². The zero-order valence-corrected chi connectivity index (χ0v) is 18.5. The number of hydrogen-bond acceptors (Lipinski definition) is 6. The summed E-state index contributed by atoms with van der Waals surface area (Å²) in [4.78, 5) is 18.0. The van der Waals surface area contributed by atoms with Gasteiger partial charge in [0.05, 0.1) is 11.0 Å². The number of imidazole rings is 1. The molecule has 0 bridgehead atoms. The van der Waals surface area contributed by atoms with Gasteiger partial charge in [0.2, 0.25) is 0 Å². The van der Waals surface area contributed by atoms with Crippen LogP contribution in [0.2, 0.25) is 0 Å². The van der Waals surface area contributed by atoms with E-state index in [1.54, 1.807) is 6.20 Å². The van der Waals surface area contributed by atoms with E-state index in [0.29, 0.717) is 36.9 Å². The molecule has 0 amide bonds. The van der Waals surface area contributed by atoms with Crippen LogP contribution in [0.15, 0.2) is 58.2 Å². The summed E-state index contributed by atoms with van der Waals surface area (Å²) in [5.74, 6) is 2.89. The van der Waals surface area contributed by atoms with Crippen LogP contribution >= 0.6 is 0 Å². The number of aromatic nitrogens is 5. The topological polar surface area (TPSA) is 106 Å². The Bertz CT molecular complexity index is 1170. The Balaban J connectivity index is 1.27. The number of nitrogens with one attached hydrogen (secondary N) is 2. The number of rotatable bonds is 9. The second kappa shape index (κ2) is 10.5. The maximum Gasteiger partial charge on any atom is 0.276 e. The fraction of sp³-hybridized carbons (Fsp3) is 0.348. The highest BCUT2D eigenvalue weighted by Gasteiger charge is 2.10. The van der Waals surface area contributed by atoms with Crippen molar-refractivity contribution in [3.8, 4) is 11.6 Å². The predicted octanol–water partition coefficient (Wildman–Crippen LogP) is 2.98. The van der Waals surface area contributed by atoms with Crippen molar-refractivity contribution in [1.82, 2.24) is 35.3 Å². The number of fused-ring (bicyclic) bond motifs is 1. The van der Waals surface area contributed by atoms with Crippen LogP contribution in [0.3, 0.4) is 0 Å². The molecule has 3 heterocycles. The largest absolute Gasteiger partial charge is 0.357 e. The molecule has 0 atom stereocenters. The Kier molecular flexibility index (Phi) is 7.06. The highest BCUT2D eigenvalue weighted by Crippen LogP contribution is 2.16. The van der Waals surface area contributed by atoms with Gasteiger partial charge >= 0.3 is 0 Å². The molecule has 0 aliphatic carbocycles. The van der Waals surface area contributed by atoms with E-state index in [1.807, 2.05) is 43.3 Å². The van der Waals surface area contributed by atoms with Crippen molar-refractivity contribution in [3.05, 3.63) is 60.3 Å². The molecule has 2 N–H and O–H groups in total. The van der Waals surface area contributed by atoms with Crippen LogP contribution in [-0.2, 0) is 13.0 Å². The number of hydrogen-bond donors (Lipinski definition) is 2. The van der Waals surface area contributed by atoms with E-state index in [1.165, 1.54) is 5.52 Å². The first kappa shape index (κ1) is 21.5. The summed E-state index contributed by atoms with van der Waals surface area (Å²) in [5.41, 5.74) is 2.88. The second-order valence-corrected chi connectivity index (χ2v) is 7.32. The lowest BCUT2D eigenvalue weighted by molar-refractivity contribution is 0.421. The summed E-state index contributed by atoms with van der Waals surface area (Å²) in [6.07, 6.45) is 3.26. The van der Waals surface area contributed by atoms with E-state index in [9.17, 15) is 0 Å². The molecule has 0 spiro atoms. The smallest absolute Gasteiger partial charge is 0.276 e. The first-order valence-electron chi connectivity index (χ1n) is 10.9. The van der Waals surface area contributed by atoms with Gasteiger partial charge in [-0.3, -0.25) is 9.98 Å². The van der Waals surface area contributed by atoms with Gasteiger partial charge in [-0.15, -0.1) is 0 Å². The molecule has 0 radical (unpaired) electrons. The molecule has 0 unspecified atom stereocenters. The number of pyridine rings is 1. The molecule has 166 valence electrons. The van der Waals surface area contributed by atoms with Crippen LogP contribution in [0.25, 0.3) is 22.6 Å². The van der Waals surface area contributed by atoms with Gasteiger partial charge in [0.25, 0.3) is 5.89 Å². The van der Waals surface area contributed by atoms with E-state index in [2.05, 4.69) is 48.3 Å². The summed E-state index contributed by atoms with van der Waals surface area (Å²) in [7, 11) is 0. The SMILES string of the molecule is CCNC(=NCCCn1c(C)nc2ccccc21)NCCc1noc(-c2ccccn2)n1. The summed E-state index contributed by atoms with van der Waals surface area (Å²) in [6.45, 7) is 7.14. The van der Waals surface area contributed by atoms with Crippen LogP contribution < -0.4 is 10.6 Å². The van der Waals surface area contributed by atoms with E-state index < -0.39 is 0 Å². The van der Waals surface area contributed by atoms with E-state index >= 15 is 0 Å². The zero-order chi connectivity index (χ0) is 22.2. The molecule has 0 aliphatic heterocycles. The molecular weight excluding hydrogens is 404 g/mol. The molecule has 9 nitrogen and oxygen atoms in total. The van der Waals surface area contributed by atoms with Gasteiger partial charge in [0.15, 0.2) is 11.8 Å². The molecule has 0 saturated carbocycles. The van der Waals surface area contributed by atoms with Crippen molar-refractivity contribution in [1.29, 1.82) is 0 Å². The Morgan fingerprint density at radius 3 is 2.81 bits per heavy atom. The van der Waals surface area contributed by atoms with E-state index in [4.69, 9.17) is 9.52 Å². The standard InChI is InChI=1S/C23H28N8O/c1-3-24-23(26-14-8-16-31-17(2)28-18-9-4-5-11-20(18)31)27-15-12-21-29-22(32-30-21)19-10-6-7-13-25-19/h4-7,9-11,13H,3,8,12,14-16H2,1-2H3,(H2,24,26,27). The molecule has 4 aromatic rings. The quantitative estimate of drug-likeness (QED) is 0.238. The van der Waals surface area contributed by atoms with Crippen molar-refractivity contribution in [3.63, 3.8) is 0 Å². The first-order chi connectivity index (χ1) is 15.7. The lowest BCUT2D eigenvalue weighted by Gasteiger charge is -2.11. The van der Waals surface area contributed by atoms with Crippen molar-refractivity contribution >= 4 is 17.0 Å². The lowest BCUT2D eigenvalue weighted by Crippen LogP contribution is -2.38. The van der Waals surface area contributed by atoms with Crippen LogP contribution in [0.5, 0.6) is 0 Å². The third-order valence-electron chi connectivity index (χ3n) is 4.99. The van der Waals surface area contributed by atoms with Crippen molar-refractivity contribution in [2.24, 2.45) is 4.99 Å². The average molecular weight is 433 g/mol. The minimum absolute atomic E-state index is 0.434. The van der Waals surface area contributed by atoms with Crippen molar-refractivity contribution in [2.45, 2.75) is 33.2 Å². The molecule has 1 aromatic carbocycles. The molecule has 0 fully saturated rings. The number of guanidine groups is 1. The Hall–Kier alpha value is -3.75. The van der Waals surface area contributed by atoms with Crippen molar-refractivity contribution in [2.75, 3.05) is 19.6 Å². The minimum Gasteiger partial charge on any atom is -0.357 e. The number of aryl methyl sites for hydroxylation is 2. The Morgan fingerprint density at radius 2 is 1.97 bits per heavy atom. The second-order valence-electron chi connectivity index (χ2n) is 7.32. The Morgan fingerprint density at radius 1 is 1.09 bits per heavy atom. The first-order valence-corrected chi connectivity index (χ1v) is 10.9. The molecule has 0 aliphatic rings. The summed E-state index contributed by atoms with van der Waals surface area (Å²) in [6, 6.07) is 13.8. The molecule has 9 heteroatoms. The number of benzene rings is 1. The molecule has 4 rings (SSSR count). The zero-order valence-electron chi connectivity index (χ0n) is 18.5. The maximum absolute atomic E-state index is 5.31. The average Bonchev–Trinajstić information content (AvgIpc) is 3.41. The molecule has 3 aromatic heterocycles. The third kappa shape index (κ3) is 5.29. The fourth-order valence-corrected chi connectivity index (χ4v) is 3.48. The van der Waals surface area contributed by atoms with E-state index in [-0.39, 0.29) is 0 Å². The normalized spacial score (nSPS) is 11.8. The monoisotopic (exact) mass is 432 g/mol. The molecule has 32 heavy (non-hydrogen) atoms. The molecule has 0 saturated heterocycles. The summed E-state index contributed by atoms with van der Waals surface area (Å²) in [5, 5.41) is 10.7. The third-order valence-corrected chi connectivity index (χ3v) is 4.99. The number of para-hydroxylation sites is 2. The van der Waals surface area contributed by atoms with Crippen LogP contribution in [0.1, 0.15) is 25.0 Å². The highest BCUT2D eigenvalue weighted by molar-refractivity contribution is 5.79. The van der Waals surface area contributed by atoms with Gasteiger partial charge in [0, 0.05) is 38.8 Å². The van der Waals surface area contributed by atoms with E-state index in [0.717, 1.165) is 36.8 Å². The van der Waals surface area contributed by atoms with Crippen LogP contribution in [0, 0.1) is 6.92 Å². The van der Waals surface area contributed by atoms with Gasteiger partial charge in [-0.25, -0.2) is 4.98 Å². The predicted molar refractivity (Wildman–Crippen MR) is 124 cm³/mol. The molecular formula is C23H28N8O. The Labute approximate surface area is 187 Å². The minimum atomic E-state index is 0.434. The lowest BCUT2D eigenvalue weighted by atomic mass is 10.3. The van der Waals surface area contributed by atoms with Gasteiger partial charge < -0.3 is 19.7 Å². The number of nitrogens with zero attached hydrogens (tertiary/aromatic N) is 6. The highest BCUT2D eigenvalue weighted by atomic mass is 16.5. The van der Waals surface area contributed by atoms with Gasteiger partial charge in [-0.2, -0.15) is 4.98 Å². The summed E-state index contributed by atoms with van der Waals surface area (Å²) < 4.78 is 7.56. The van der Waals surface area contributed by atoms with Gasteiger partial charge in [0.1, 0.15) is 11.5 Å². The fourth-order valence-electron chi connectivity index (χ4n) is 3.48. The summed E-state index contributed by atoms with van der Waals surface area (Å²) >= 11 is 0. The van der Waals surface area contributed by atoms with Gasteiger partial charge in [-0.1, -0.05) is 23.4 Å². The van der Waals surface area contributed by atoms with Gasteiger partial charge in [-0.05, 0) is 44.5 Å². The van der Waals surface area contributed by atoms with Crippen LogP contribution in [0.4, 0.5) is 0 Å².